The summed E-state index contributed by atoms with van der Waals surface area (Å²) in [7, 11) is 1.56. The van der Waals surface area contributed by atoms with Crippen molar-refractivity contribution in [2.24, 2.45) is 0 Å². The molecule has 0 saturated heterocycles. The molecule has 0 spiro atoms. The molecule has 0 aromatic heterocycles. The van der Waals surface area contributed by atoms with Crippen molar-refractivity contribution in [1.29, 1.82) is 5.26 Å². The van der Waals surface area contributed by atoms with Crippen LogP contribution < -0.4 is 14.8 Å². The predicted octanol–water partition coefficient (Wildman–Crippen LogP) is 2.40. The molecular formula is C12H16N2O2. The smallest absolute Gasteiger partial charge is 0.163 e. The van der Waals surface area contributed by atoms with E-state index in [2.05, 4.69) is 11.4 Å². The molecule has 16 heavy (non-hydrogen) atoms. The van der Waals surface area contributed by atoms with E-state index in [0.29, 0.717) is 23.7 Å². The average molecular weight is 220 g/mol. The standard InChI is InChI=1S/C12H16N2O2/c1-4-14-10-7-12(16-5-2)11(15-3)6-9(10)8-13/h6-7,14H,4-5H2,1-3H3. The van der Waals surface area contributed by atoms with Gasteiger partial charge in [0.05, 0.1) is 25.0 Å². The Bertz CT molecular complexity index is 397. The van der Waals surface area contributed by atoms with Crippen molar-refractivity contribution in [2.75, 3.05) is 25.6 Å². The second-order valence-corrected chi connectivity index (χ2v) is 3.12. The largest absolute Gasteiger partial charge is 0.493 e. The molecule has 0 amide bonds. The fourth-order valence-electron chi connectivity index (χ4n) is 1.42. The van der Waals surface area contributed by atoms with Gasteiger partial charge in [-0.1, -0.05) is 0 Å². The lowest BCUT2D eigenvalue weighted by Gasteiger charge is -2.13. The molecule has 1 aromatic rings. The summed E-state index contributed by atoms with van der Waals surface area (Å²) in [6, 6.07) is 5.61. The minimum Gasteiger partial charge on any atom is -0.493 e. The van der Waals surface area contributed by atoms with Gasteiger partial charge < -0.3 is 14.8 Å². The Labute approximate surface area is 95.8 Å². The second-order valence-electron chi connectivity index (χ2n) is 3.12. The van der Waals surface area contributed by atoms with Crippen LogP contribution in [0.1, 0.15) is 19.4 Å². The lowest BCUT2D eigenvalue weighted by Crippen LogP contribution is -2.02. The molecule has 86 valence electrons. The summed E-state index contributed by atoms with van der Waals surface area (Å²) >= 11 is 0. The van der Waals surface area contributed by atoms with Gasteiger partial charge >= 0.3 is 0 Å². The Kier molecular flexibility index (Phi) is 4.46. The molecule has 0 heterocycles. The van der Waals surface area contributed by atoms with Gasteiger partial charge in [-0.15, -0.1) is 0 Å². The topological polar surface area (TPSA) is 54.3 Å². The maximum atomic E-state index is 9.00. The second kappa shape index (κ2) is 5.86. The van der Waals surface area contributed by atoms with Gasteiger partial charge in [0.25, 0.3) is 0 Å². The van der Waals surface area contributed by atoms with Crippen LogP contribution in [0.5, 0.6) is 11.5 Å². The molecular weight excluding hydrogens is 204 g/mol. The van der Waals surface area contributed by atoms with Crippen LogP contribution in [0.2, 0.25) is 0 Å². The van der Waals surface area contributed by atoms with Crippen molar-refractivity contribution in [2.45, 2.75) is 13.8 Å². The van der Waals surface area contributed by atoms with Gasteiger partial charge in [0.1, 0.15) is 6.07 Å². The molecule has 1 N–H and O–H groups in total. The highest BCUT2D eigenvalue weighted by molar-refractivity contribution is 5.64. The molecule has 0 aliphatic heterocycles. The zero-order chi connectivity index (χ0) is 12.0. The van der Waals surface area contributed by atoms with Gasteiger partial charge in [-0.05, 0) is 13.8 Å². The minimum atomic E-state index is 0.558. The Morgan fingerprint density at radius 3 is 2.56 bits per heavy atom. The zero-order valence-electron chi connectivity index (χ0n) is 9.83. The third-order valence-corrected chi connectivity index (χ3v) is 2.09. The number of nitrogens with one attached hydrogen (secondary N) is 1. The number of anilines is 1. The molecule has 0 unspecified atom stereocenters. The Hall–Kier alpha value is -1.89. The monoisotopic (exact) mass is 220 g/mol. The predicted molar refractivity (Wildman–Crippen MR) is 63.0 cm³/mol. The summed E-state index contributed by atoms with van der Waals surface area (Å²) in [6.07, 6.45) is 0. The summed E-state index contributed by atoms with van der Waals surface area (Å²) in [5.41, 5.74) is 1.33. The van der Waals surface area contributed by atoms with Crippen LogP contribution >= 0.6 is 0 Å². The quantitative estimate of drug-likeness (QED) is 0.827. The molecule has 1 aromatic carbocycles. The van der Waals surface area contributed by atoms with Crippen LogP contribution in [0, 0.1) is 11.3 Å². The van der Waals surface area contributed by atoms with E-state index in [4.69, 9.17) is 14.7 Å². The van der Waals surface area contributed by atoms with E-state index in [0.717, 1.165) is 12.2 Å². The first kappa shape index (κ1) is 12.2. The number of hydrogen-bond acceptors (Lipinski definition) is 4. The van der Waals surface area contributed by atoms with Gasteiger partial charge in [-0.2, -0.15) is 5.26 Å². The van der Waals surface area contributed by atoms with Crippen LogP contribution in [-0.4, -0.2) is 20.3 Å². The first-order chi connectivity index (χ1) is 7.76. The van der Waals surface area contributed by atoms with Gasteiger partial charge in [-0.3, -0.25) is 0 Å². The number of hydrogen-bond donors (Lipinski definition) is 1. The number of nitriles is 1. The van der Waals surface area contributed by atoms with Crippen molar-refractivity contribution in [3.05, 3.63) is 17.7 Å². The van der Waals surface area contributed by atoms with Crippen molar-refractivity contribution >= 4 is 5.69 Å². The summed E-state index contributed by atoms with van der Waals surface area (Å²) in [4.78, 5) is 0. The van der Waals surface area contributed by atoms with Crippen LogP contribution in [-0.2, 0) is 0 Å². The van der Waals surface area contributed by atoms with Gasteiger partial charge in [0.15, 0.2) is 11.5 Å². The van der Waals surface area contributed by atoms with Gasteiger partial charge in [0.2, 0.25) is 0 Å². The normalized spacial score (nSPS) is 9.38. The summed E-state index contributed by atoms with van der Waals surface area (Å²) in [6.45, 7) is 5.21. The fraction of sp³-hybridized carbons (Fsp3) is 0.417. The van der Waals surface area contributed by atoms with E-state index in [9.17, 15) is 0 Å². The van der Waals surface area contributed by atoms with Gasteiger partial charge in [-0.25, -0.2) is 0 Å². The van der Waals surface area contributed by atoms with Crippen molar-refractivity contribution in [3.8, 4) is 17.6 Å². The fourth-order valence-corrected chi connectivity index (χ4v) is 1.42. The highest BCUT2D eigenvalue weighted by Crippen LogP contribution is 2.33. The molecule has 0 aliphatic rings. The third-order valence-electron chi connectivity index (χ3n) is 2.09. The van der Waals surface area contributed by atoms with E-state index in [1.54, 1.807) is 19.2 Å². The Morgan fingerprint density at radius 2 is 2.06 bits per heavy atom. The molecule has 4 nitrogen and oxygen atoms in total. The summed E-state index contributed by atoms with van der Waals surface area (Å²) in [5, 5.41) is 12.1. The molecule has 0 saturated carbocycles. The molecule has 1 rings (SSSR count). The third kappa shape index (κ3) is 2.57. The molecule has 0 radical (unpaired) electrons. The first-order valence-electron chi connectivity index (χ1n) is 5.25. The maximum Gasteiger partial charge on any atom is 0.163 e. The van der Waals surface area contributed by atoms with Gasteiger partial charge in [0, 0.05) is 18.7 Å². The maximum absolute atomic E-state index is 9.00. The van der Waals surface area contributed by atoms with Crippen LogP contribution in [0.25, 0.3) is 0 Å². The number of rotatable bonds is 5. The number of methoxy groups -OCH3 is 1. The van der Waals surface area contributed by atoms with Crippen LogP contribution in [0.4, 0.5) is 5.69 Å². The lowest BCUT2D eigenvalue weighted by molar-refractivity contribution is 0.311. The van der Waals surface area contributed by atoms with Crippen LogP contribution in [0.15, 0.2) is 12.1 Å². The molecule has 0 aliphatic carbocycles. The van der Waals surface area contributed by atoms with Crippen molar-refractivity contribution in [3.63, 3.8) is 0 Å². The minimum absolute atomic E-state index is 0.558. The van der Waals surface area contributed by atoms with Crippen molar-refractivity contribution < 1.29 is 9.47 Å². The summed E-state index contributed by atoms with van der Waals surface area (Å²) < 4.78 is 10.6. The number of nitrogens with zero attached hydrogens (tertiary/aromatic N) is 1. The first-order valence-corrected chi connectivity index (χ1v) is 5.25. The Balaban J connectivity index is 3.18. The number of benzene rings is 1. The van der Waals surface area contributed by atoms with E-state index in [1.807, 2.05) is 13.8 Å². The molecule has 0 atom stereocenters. The highest BCUT2D eigenvalue weighted by Gasteiger charge is 2.10. The van der Waals surface area contributed by atoms with E-state index in [1.165, 1.54) is 0 Å². The van der Waals surface area contributed by atoms with E-state index in [-0.39, 0.29) is 0 Å². The van der Waals surface area contributed by atoms with Crippen LogP contribution in [0.3, 0.4) is 0 Å². The summed E-state index contributed by atoms with van der Waals surface area (Å²) in [5.74, 6) is 1.24. The zero-order valence-corrected chi connectivity index (χ0v) is 9.83. The SMILES string of the molecule is CCNc1cc(OCC)c(OC)cc1C#N. The molecule has 4 heteroatoms. The van der Waals surface area contributed by atoms with E-state index >= 15 is 0 Å². The molecule has 0 bridgehead atoms. The highest BCUT2D eigenvalue weighted by atomic mass is 16.5. The average Bonchev–Trinajstić information content (AvgIpc) is 2.30. The van der Waals surface area contributed by atoms with Crippen molar-refractivity contribution in [1.82, 2.24) is 0 Å². The lowest BCUT2D eigenvalue weighted by atomic mass is 10.1. The Morgan fingerprint density at radius 1 is 1.31 bits per heavy atom. The van der Waals surface area contributed by atoms with E-state index < -0.39 is 0 Å². The number of ether oxygens (including phenoxy) is 2. The molecule has 0 fully saturated rings.